The van der Waals surface area contributed by atoms with Crippen molar-refractivity contribution in [1.29, 1.82) is 0 Å². The van der Waals surface area contributed by atoms with Crippen molar-refractivity contribution in [2.45, 2.75) is 27.2 Å². The van der Waals surface area contributed by atoms with Gasteiger partial charge in [0.25, 0.3) is 0 Å². The first-order valence-electron chi connectivity index (χ1n) is 4.07. The topological polar surface area (TPSA) is 9.23 Å². The minimum absolute atomic E-state index is 0.625. The second kappa shape index (κ2) is 5.00. The van der Waals surface area contributed by atoms with Crippen LogP contribution in [-0.2, 0) is 4.74 Å². The maximum Gasteiger partial charge on any atom is 0.114 e. The van der Waals surface area contributed by atoms with Gasteiger partial charge in [-0.25, -0.2) is 0 Å². The molecule has 0 heterocycles. The molecule has 0 spiro atoms. The predicted octanol–water partition coefficient (Wildman–Crippen LogP) is 3.14. The van der Waals surface area contributed by atoms with E-state index in [1.54, 1.807) is 0 Å². The molecule has 0 saturated carbocycles. The Bertz CT molecular complexity index is 145. The third-order valence-corrected chi connectivity index (χ3v) is 1.37. The Hall–Kier alpha value is -0.720. The molecular weight excluding hydrogens is 136 g/mol. The van der Waals surface area contributed by atoms with Gasteiger partial charge in [0.15, 0.2) is 0 Å². The number of rotatable bonds is 5. The second-order valence-corrected chi connectivity index (χ2v) is 3.06. The third-order valence-electron chi connectivity index (χ3n) is 1.37. The highest BCUT2D eigenvalue weighted by molar-refractivity contribution is 5.19. The lowest BCUT2D eigenvalue weighted by atomic mass is 10.0. The van der Waals surface area contributed by atoms with Crippen LogP contribution in [0.4, 0.5) is 0 Å². The Labute approximate surface area is 69.8 Å². The fraction of sp³-hybridized carbons (Fsp3) is 0.600. The van der Waals surface area contributed by atoms with Crippen LogP contribution in [0.15, 0.2) is 24.5 Å². The van der Waals surface area contributed by atoms with Crippen LogP contribution in [-0.4, -0.2) is 6.61 Å². The van der Waals surface area contributed by atoms with E-state index in [9.17, 15) is 0 Å². The normalized spacial score (nSPS) is 9.82. The average molecular weight is 154 g/mol. The molecule has 0 saturated heterocycles. The summed E-state index contributed by atoms with van der Waals surface area (Å²) in [5.41, 5.74) is 1.02. The van der Waals surface area contributed by atoms with Gasteiger partial charge in [-0.1, -0.05) is 27.0 Å². The molecule has 11 heavy (non-hydrogen) atoms. The number of ether oxygens (including phenoxy) is 1. The first kappa shape index (κ1) is 10.3. The van der Waals surface area contributed by atoms with Crippen LogP contribution in [0, 0.1) is 5.92 Å². The Morgan fingerprint density at radius 1 is 1.36 bits per heavy atom. The van der Waals surface area contributed by atoms with Crippen LogP contribution in [0.1, 0.15) is 27.2 Å². The molecule has 0 aromatic rings. The van der Waals surface area contributed by atoms with Gasteiger partial charge < -0.3 is 4.74 Å². The van der Waals surface area contributed by atoms with Gasteiger partial charge in [-0.05, 0) is 24.8 Å². The monoisotopic (exact) mass is 154 g/mol. The van der Waals surface area contributed by atoms with Crippen LogP contribution in [0.3, 0.4) is 0 Å². The SMILES string of the molecule is C=C(CC(C)C)C(=C)OCC. The fourth-order valence-electron chi connectivity index (χ4n) is 0.883. The highest BCUT2D eigenvalue weighted by atomic mass is 16.5. The molecule has 0 fully saturated rings. The average Bonchev–Trinajstić information content (AvgIpc) is 1.86. The van der Waals surface area contributed by atoms with Gasteiger partial charge in [-0.2, -0.15) is 0 Å². The minimum atomic E-state index is 0.625. The Kier molecular flexibility index (Phi) is 4.67. The molecule has 0 aromatic heterocycles. The van der Waals surface area contributed by atoms with E-state index in [0.717, 1.165) is 17.8 Å². The van der Waals surface area contributed by atoms with E-state index in [4.69, 9.17) is 4.74 Å². The summed E-state index contributed by atoms with van der Waals surface area (Å²) in [6.45, 7) is 14.6. The molecule has 0 N–H and O–H groups in total. The zero-order valence-corrected chi connectivity index (χ0v) is 7.81. The van der Waals surface area contributed by atoms with E-state index < -0.39 is 0 Å². The summed E-state index contributed by atoms with van der Waals surface area (Å²) < 4.78 is 5.21. The summed E-state index contributed by atoms with van der Waals surface area (Å²) in [6, 6.07) is 0. The van der Waals surface area contributed by atoms with Gasteiger partial charge in [-0.3, -0.25) is 0 Å². The molecular formula is C10H18O. The molecule has 0 unspecified atom stereocenters. The lowest BCUT2D eigenvalue weighted by Crippen LogP contribution is -1.97. The van der Waals surface area contributed by atoms with Crippen molar-refractivity contribution in [1.82, 2.24) is 0 Å². The van der Waals surface area contributed by atoms with E-state index >= 15 is 0 Å². The first-order valence-corrected chi connectivity index (χ1v) is 4.07. The second-order valence-electron chi connectivity index (χ2n) is 3.06. The minimum Gasteiger partial charge on any atom is -0.494 e. The van der Waals surface area contributed by atoms with Crippen molar-refractivity contribution in [3.63, 3.8) is 0 Å². The molecule has 0 amide bonds. The molecule has 0 bridgehead atoms. The number of hydrogen-bond donors (Lipinski definition) is 0. The molecule has 0 rings (SSSR count). The third kappa shape index (κ3) is 4.65. The van der Waals surface area contributed by atoms with Crippen molar-refractivity contribution < 1.29 is 4.74 Å². The molecule has 0 aliphatic heterocycles. The van der Waals surface area contributed by atoms with Gasteiger partial charge in [0, 0.05) is 0 Å². The molecule has 0 radical (unpaired) electrons. The van der Waals surface area contributed by atoms with Crippen molar-refractivity contribution in [2.24, 2.45) is 5.92 Å². The van der Waals surface area contributed by atoms with Gasteiger partial charge in [0.05, 0.1) is 6.61 Å². The quantitative estimate of drug-likeness (QED) is 0.436. The van der Waals surface area contributed by atoms with Gasteiger partial charge in [0.2, 0.25) is 0 Å². The highest BCUT2D eigenvalue weighted by Gasteiger charge is 2.02. The van der Waals surface area contributed by atoms with E-state index in [0.29, 0.717) is 12.5 Å². The van der Waals surface area contributed by atoms with Crippen molar-refractivity contribution in [3.8, 4) is 0 Å². The zero-order chi connectivity index (χ0) is 8.85. The van der Waals surface area contributed by atoms with Gasteiger partial charge >= 0.3 is 0 Å². The van der Waals surface area contributed by atoms with Crippen molar-refractivity contribution >= 4 is 0 Å². The molecule has 0 atom stereocenters. The summed E-state index contributed by atoms with van der Waals surface area (Å²) in [4.78, 5) is 0. The highest BCUT2D eigenvalue weighted by Crippen LogP contribution is 2.16. The molecule has 1 nitrogen and oxygen atoms in total. The maximum absolute atomic E-state index is 5.21. The molecule has 0 aliphatic rings. The van der Waals surface area contributed by atoms with Gasteiger partial charge in [0.1, 0.15) is 5.76 Å². The largest absolute Gasteiger partial charge is 0.494 e. The van der Waals surface area contributed by atoms with Gasteiger partial charge in [-0.15, -0.1) is 0 Å². The van der Waals surface area contributed by atoms with Crippen molar-refractivity contribution in [3.05, 3.63) is 24.5 Å². The van der Waals surface area contributed by atoms with E-state index in [1.165, 1.54) is 0 Å². The zero-order valence-electron chi connectivity index (χ0n) is 7.81. The Morgan fingerprint density at radius 2 is 1.91 bits per heavy atom. The first-order chi connectivity index (χ1) is 5.07. The molecule has 0 aromatic carbocycles. The van der Waals surface area contributed by atoms with Crippen LogP contribution in [0.5, 0.6) is 0 Å². The predicted molar refractivity (Wildman–Crippen MR) is 49.4 cm³/mol. The fourth-order valence-corrected chi connectivity index (χ4v) is 0.883. The smallest absolute Gasteiger partial charge is 0.114 e. The lowest BCUT2D eigenvalue weighted by Gasteiger charge is -2.11. The number of allylic oxidation sites excluding steroid dienone is 1. The lowest BCUT2D eigenvalue weighted by molar-refractivity contribution is 0.236. The van der Waals surface area contributed by atoms with E-state index in [-0.39, 0.29) is 0 Å². The number of hydrogen-bond acceptors (Lipinski definition) is 1. The summed E-state index contributed by atoms with van der Waals surface area (Å²) in [5, 5.41) is 0. The standard InChI is InChI=1S/C10H18O/c1-6-11-10(5)9(4)7-8(2)3/h8H,4-7H2,1-3H3. The summed E-state index contributed by atoms with van der Waals surface area (Å²) >= 11 is 0. The van der Waals surface area contributed by atoms with E-state index in [1.807, 2.05) is 6.92 Å². The maximum atomic E-state index is 5.21. The van der Waals surface area contributed by atoms with Crippen molar-refractivity contribution in [2.75, 3.05) is 6.61 Å². The molecule has 64 valence electrons. The van der Waals surface area contributed by atoms with Crippen LogP contribution in [0.2, 0.25) is 0 Å². The van der Waals surface area contributed by atoms with Crippen LogP contribution < -0.4 is 0 Å². The summed E-state index contributed by atoms with van der Waals surface area (Å²) in [7, 11) is 0. The molecule has 1 heteroatoms. The van der Waals surface area contributed by atoms with E-state index in [2.05, 4.69) is 27.0 Å². The van der Waals surface area contributed by atoms with Crippen LogP contribution >= 0.6 is 0 Å². The summed E-state index contributed by atoms with van der Waals surface area (Å²) in [5.74, 6) is 1.36. The summed E-state index contributed by atoms with van der Waals surface area (Å²) in [6.07, 6.45) is 0.971. The molecule has 0 aliphatic carbocycles. The Morgan fingerprint density at radius 3 is 2.27 bits per heavy atom. The van der Waals surface area contributed by atoms with Crippen LogP contribution in [0.25, 0.3) is 0 Å². The Balaban J connectivity index is 3.74.